The SMILES string of the molecule is CCCC.O=Cc1cccc2ccccc12. The molecule has 2 aromatic carbocycles. The number of carbonyl (C=O) groups is 1. The van der Waals surface area contributed by atoms with E-state index in [-0.39, 0.29) is 0 Å². The molecule has 0 aliphatic heterocycles. The molecule has 84 valence electrons. The Morgan fingerprint density at radius 1 is 0.938 bits per heavy atom. The van der Waals surface area contributed by atoms with Crippen LogP contribution in [0, 0.1) is 0 Å². The predicted molar refractivity (Wildman–Crippen MR) is 69.9 cm³/mol. The van der Waals surface area contributed by atoms with E-state index in [1.165, 1.54) is 12.8 Å². The number of unbranched alkanes of at least 4 members (excludes halogenated alkanes) is 1. The van der Waals surface area contributed by atoms with E-state index in [4.69, 9.17) is 0 Å². The molecule has 0 saturated carbocycles. The highest BCUT2D eigenvalue weighted by atomic mass is 16.1. The Bertz CT molecular complexity index is 439. The number of benzene rings is 2. The summed E-state index contributed by atoms with van der Waals surface area (Å²) in [5.74, 6) is 0. The Kier molecular flexibility index (Phi) is 5.27. The summed E-state index contributed by atoms with van der Waals surface area (Å²) in [6.07, 6.45) is 3.53. The van der Waals surface area contributed by atoms with Gasteiger partial charge in [0.25, 0.3) is 0 Å². The third-order valence-electron chi connectivity index (χ3n) is 2.45. The van der Waals surface area contributed by atoms with Crippen molar-refractivity contribution in [2.75, 3.05) is 0 Å². The van der Waals surface area contributed by atoms with Crippen LogP contribution in [0.2, 0.25) is 0 Å². The Labute approximate surface area is 97.1 Å². The Morgan fingerprint density at radius 2 is 1.56 bits per heavy atom. The van der Waals surface area contributed by atoms with E-state index in [1.54, 1.807) is 0 Å². The van der Waals surface area contributed by atoms with Crippen molar-refractivity contribution < 1.29 is 4.79 Å². The predicted octanol–water partition coefficient (Wildman–Crippen LogP) is 4.46. The maximum absolute atomic E-state index is 10.6. The number of aldehydes is 1. The molecule has 0 radical (unpaired) electrons. The molecular formula is C15H18O. The lowest BCUT2D eigenvalue weighted by Crippen LogP contribution is -1.81. The molecule has 2 aromatic rings. The first-order valence-corrected chi connectivity index (χ1v) is 5.76. The topological polar surface area (TPSA) is 17.1 Å². The molecule has 2 rings (SSSR count). The van der Waals surface area contributed by atoms with Crippen molar-refractivity contribution in [1.82, 2.24) is 0 Å². The van der Waals surface area contributed by atoms with Crippen molar-refractivity contribution in [3.8, 4) is 0 Å². The minimum atomic E-state index is 0.758. The molecule has 1 nitrogen and oxygen atoms in total. The maximum Gasteiger partial charge on any atom is 0.150 e. The Balaban J connectivity index is 0.000000280. The Hall–Kier alpha value is -1.63. The molecular weight excluding hydrogens is 196 g/mol. The fraction of sp³-hybridized carbons (Fsp3) is 0.267. The highest BCUT2D eigenvalue weighted by molar-refractivity contribution is 5.97. The molecule has 0 amide bonds. The number of hydrogen-bond donors (Lipinski definition) is 0. The standard InChI is InChI=1S/C11H8O.C4H10/c12-8-10-6-3-5-9-4-1-2-7-11(9)10;1-3-4-2/h1-8H;3-4H2,1-2H3. The number of hydrogen-bond acceptors (Lipinski definition) is 1. The fourth-order valence-electron chi connectivity index (χ4n) is 1.35. The average Bonchev–Trinajstić information content (AvgIpc) is 2.38. The first-order chi connectivity index (χ1) is 7.83. The quantitative estimate of drug-likeness (QED) is 0.674. The summed E-state index contributed by atoms with van der Waals surface area (Å²) in [6.45, 7) is 4.36. The summed E-state index contributed by atoms with van der Waals surface area (Å²) in [6, 6.07) is 13.6. The van der Waals surface area contributed by atoms with E-state index in [1.807, 2.05) is 42.5 Å². The summed E-state index contributed by atoms with van der Waals surface area (Å²) in [7, 11) is 0. The first-order valence-electron chi connectivity index (χ1n) is 5.76. The van der Waals surface area contributed by atoms with Gasteiger partial charge in [0.15, 0.2) is 6.29 Å². The largest absolute Gasteiger partial charge is 0.298 e. The van der Waals surface area contributed by atoms with Crippen LogP contribution in [-0.4, -0.2) is 6.29 Å². The van der Waals surface area contributed by atoms with Gasteiger partial charge in [0, 0.05) is 5.56 Å². The van der Waals surface area contributed by atoms with Gasteiger partial charge in [-0.25, -0.2) is 0 Å². The van der Waals surface area contributed by atoms with Crippen LogP contribution < -0.4 is 0 Å². The van der Waals surface area contributed by atoms with Crippen molar-refractivity contribution in [2.24, 2.45) is 0 Å². The van der Waals surface area contributed by atoms with Gasteiger partial charge >= 0.3 is 0 Å². The number of carbonyl (C=O) groups excluding carboxylic acids is 1. The van der Waals surface area contributed by atoms with Crippen molar-refractivity contribution in [1.29, 1.82) is 0 Å². The molecule has 0 heterocycles. The monoisotopic (exact) mass is 214 g/mol. The van der Waals surface area contributed by atoms with Crippen molar-refractivity contribution in [3.05, 3.63) is 48.0 Å². The van der Waals surface area contributed by atoms with Gasteiger partial charge in [-0.3, -0.25) is 4.79 Å². The van der Waals surface area contributed by atoms with Crippen molar-refractivity contribution >= 4 is 17.1 Å². The molecule has 0 fully saturated rings. The van der Waals surface area contributed by atoms with Crippen LogP contribution >= 0.6 is 0 Å². The van der Waals surface area contributed by atoms with Gasteiger partial charge < -0.3 is 0 Å². The first kappa shape index (κ1) is 12.4. The lowest BCUT2D eigenvalue weighted by atomic mass is 10.1. The molecule has 0 bridgehead atoms. The molecule has 0 spiro atoms. The molecule has 0 aliphatic rings. The number of fused-ring (bicyclic) bond motifs is 1. The van der Waals surface area contributed by atoms with E-state index in [2.05, 4.69) is 13.8 Å². The van der Waals surface area contributed by atoms with Crippen LogP contribution in [0.1, 0.15) is 37.0 Å². The second-order valence-corrected chi connectivity index (χ2v) is 3.69. The van der Waals surface area contributed by atoms with Crippen molar-refractivity contribution in [2.45, 2.75) is 26.7 Å². The number of rotatable bonds is 2. The average molecular weight is 214 g/mol. The summed E-state index contributed by atoms with van der Waals surface area (Å²) < 4.78 is 0. The third-order valence-corrected chi connectivity index (χ3v) is 2.45. The maximum atomic E-state index is 10.6. The minimum absolute atomic E-state index is 0.758. The molecule has 0 saturated heterocycles. The van der Waals surface area contributed by atoms with Gasteiger partial charge in [-0.2, -0.15) is 0 Å². The van der Waals surface area contributed by atoms with E-state index >= 15 is 0 Å². The van der Waals surface area contributed by atoms with E-state index in [0.29, 0.717) is 0 Å². The molecule has 0 aromatic heterocycles. The molecule has 0 unspecified atom stereocenters. The van der Waals surface area contributed by atoms with Gasteiger partial charge in [-0.15, -0.1) is 0 Å². The zero-order valence-electron chi connectivity index (χ0n) is 9.94. The lowest BCUT2D eigenvalue weighted by Gasteiger charge is -1.98. The molecule has 0 aliphatic carbocycles. The van der Waals surface area contributed by atoms with Crippen LogP contribution in [0.5, 0.6) is 0 Å². The molecule has 1 heteroatoms. The highest BCUT2D eigenvalue weighted by Crippen LogP contribution is 2.16. The van der Waals surface area contributed by atoms with E-state index in [9.17, 15) is 4.79 Å². The summed E-state index contributed by atoms with van der Waals surface area (Å²) in [4.78, 5) is 10.6. The van der Waals surface area contributed by atoms with E-state index < -0.39 is 0 Å². The van der Waals surface area contributed by atoms with Crippen LogP contribution in [-0.2, 0) is 0 Å². The van der Waals surface area contributed by atoms with E-state index in [0.717, 1.165) is 22.6 Å². The normalized spacial score (nSPS) is 9.38. The third kappa shape index (κ3) is 3.20. The lowest BCUT2D eigenvalue weighted by molar-refractivity contribution is 0.112. The molecule has 16 heavy (non-hydrogen) atoms. The highest BCUT2D eigenvalue weighted by Gasteiger charge is 1.96. The van der Waals surface area contributed by atoms with Gasteiger partial charge in [-0.1, -0.05) is 69.2 Å². The van der Waals surface area contributed by atoms with Gasteiger partial charge in [-0.05, 0) is 10.8 Å². The Morgan fingerprint density at radius 3 is 2.19 bits per heavy atom. The summed E-state index contributed by atoms with van der Waals surface area (Å²) in [5, 5.41) is 2.14. The summed E-state index contributed by atoms with van der Waals surface area (Å²) >= 11 is 0. The van der Waals surface area contributed by atoms with Crippen LogP contribution in [0.15, 0.2) is 42.5 Å². The van der Waals surface area contributed by atoms with Gasteiger partial charge in [0.1, 0.15) is 0 Å². The zero-order chi connectivity index (χ0) is 11.8. The van der Waals surface area contributed by atoms with Crippen molar-refractivity contribution in [3.63, 3.8) is 0 Å². The summed E-state index contributed by atoms with van der Waals surface area (Å²) in [5.41, 5.74) is 0.758. The second-order valence-electron chi connectivity index (χ2n) is 3.69. The second kappa shape index (κ2) is 6.78. The van der Waals surface area contributed by atoms with Crippen LogP contribution in [0.4, 0.5) is 0 Å². The smallest absolute Gasteiger partial charge is 0.150 e. The minimum Gasteiger partial charge on any atom is -0.298 e. The van der Waals surface area contributed by atoms with Crippen LogP contribution in [0.25, 0.3) is 10.8 Å². The van der Waals surface area contributed by atoms with Gasteiger partial charge in [0.05, 0.1) is 0 Å². The molecule has 0 N–H and O–H groups in total. The van der Waals surface area contributed by atoms with Gasteiger partial charge in [0.2, 0.25) is 0 Å². The molecule has 0 atom stereocenters. The fourth-order valence-corrected chi connectivity index (χ4v) is 1.35. The zero-order valence-corrected chi connectivity index (χ0v) is 9.94. The van der Waals surface area contributed by atoms with Crippen LogP contribution in [0.3, 0.4) is 0 Å².